The molecule has 2 N–H and O–H groups in total. The Hall–Kier alpha value is -1.69. The van der Waals surface area contributed by atoms with Gasteiger partial charge in [-0.15, -0.1) is 0 Å². The monoisotopic (exact) mass is 275 g/mol. The highest BCUT2D eigenvalue weighted by molar-refractivity contribution is 5.52. The van der Waals surface area contributed by atoms with Gasteiger partial charge in [-0.25, -0.2) is 4.98 Å². The van der Waals surface area contributed by atoms with E-state index in [0.717, 1.165) is 29.9 Å². The van der Waals surface area contributed by atoms with Gasteiger partial charge in [-0.05, 0) is 39.0 Å². The summed E-state index contributed by atoms with van der Waals surface area (Å²) in [7, 11) is 0. The minimum atomic E-state index is 0.260. The maximum atomic E-state index is 9.18. The summed E-state index contributed by atoms with van der Waals surface area (Å²) in [5.41, 5.74) is 2.09. The van der Waals surface area contributed by atoms with E-state index in [9.17, 15) is 5.11 Å². The molecule has 2 unspecified atom stereocenters. The summed E-state index contributed by atoms with van der Waals surface area (Å²) in [6.45, 7) is 4.31. The van der Waals surface area contributed by atoms with Gasteiger partial charge in [0.15, 0.2) is 0 Å². The number of nitrogens with one attached hydrogen (secondary N) is 1. The first-order valence-electron chi connectivity index (χ1n) is 7.25. The molecule has 20 heavy (non-hydrogen) atoms. The number of aryl methyl sites for hydroxylation is 1. The molecule has 108 valence electrons. The number of anilines is 1. The van der Waals surface area contributed by atoms with Gasteiger partial charge in [0.1, 0.15) is 12.1 Å². The van der Waals surface area contributed by atoms with Crippen LogP contribution in [0.15, 0.2) is 6.33 Å². The second-order valence-corrected chi connectivity index (χ2v) is 5.60. The van der Waals surface area contributed by atoms with E-state index in [-0.39, 0.29) is 6.61 Å². The zero-order valence-electron chi connectivity index (χ0n) is 12.0. The van der Waals surface area contributed by atoms with Crippen LogP contribution in [0.1, 0.15) is 36.9 Å². The van der Waals surface area contributed by atoms with Crippen LogP contribution in [0.4, 0.5) is 5.82 Å². The van der Waals surface area contributed by atoms with E-state index < -0.39 is 0 Å². The maximum Gasteiger partial charge on any atom is 0.254 e. The van der Waals surface area contributed by atoms with Crippen LogP contribution >= 0.6 is 0 Å². The van der Waals surface area contributed by atoms with E-state index in [1.807, 2.05) is 6.92 Å². The molecule has 3 rings (SSSR count). The van der Waals surface area contributed by atoms with Crippen molar-refractivity contribution < 1.29 is 5.11 Å². The van der Waals surface area contributed by atoms with E-state index in [0.29, 0.717) is 17.7 Å². The van der Waals surface area contributed by atoms with Crippen LogP contribution < -0.4 is 5.32 Å². The van der Waals surface area contributed by atoms with Gasteiger partial charge in [0, 0.05) is 23.9 Å². The minimum absolute atomic E-state index is 0.260. The normalized spacial score (nSPS) is 22.6. The van der Waals surface area contributed by atoms with Crippen molar-refractivity contribution in [3.05, 3.63) is 17.6 Å². The Morgan fingerprint density at radius 2 is 2.25 bits per heavy atom. The van der Waals surface area contributed by atoms with E-state index in [4.69, 9.17) is 0 Å². The van der Waals surface area contributed by atoms with Crippen molar-refractivity contribution in [3.63, 3.8) is 0 Å². The number of aliphatic hydroxyl groups excluding tert-OH is 1. The average Bonchev–Trinajstić information content (AvgIpc) is 3.04. The lowest BCUT2D eigenvalue weighted by atomic mass is 10.00. The topological polar surface area (TPSA) is 75.3 Å². The molecule has 0 saturated heterocycles. The van der Waals surface area contributed by atoms with Crippen LogP contribution in [-0.2, 0) is 0 Å². The standard InChI is InChI=1S/C14H21N5O/c1-9-10(2)17-14-15-8-16-19(14)13(9)18-12-5-3-4-11(12)6-7-20/h8,11-12,18,20H,3-7H2,1-2H3. The lowest BCUT2D eigenvalue weighted by molar-refractivity contribution is 0.254. The number of hydrogen-bond donors (Lipinski definition) is 2. The molecular formula is C14H21N5O. The van der Waals surface area contributed by atoms with Gasteiger partial charge in [-0.1, -0.05) is 6.42 Å². The zero-order chi connectivity index (χ0) is 14.1. The van der Waals surface area contributed by atoms with E-state index in [1.165, 1.54) is 19.2 Å². The SMILES string of the molecule is Cc1nc2ncnn2c(NC2CCCC2CCO)c1C. The molecule has 0 aliphatic heterocycles. The Morgan fingerprint density at radius 1 is 1.40 bits per heavy atom. The van der Waals surface area contributed by atoms with Crippen molar-refractivity contribution >= 4 is 11.6 Å². The summed E-state index contributed by atoms with van der Waals surface area (Å²) in [6, 6.07) is 0.398. The van der Waals surface area contributed by atoms with E-state index >= 15 is 0 Å². The molecule has 0 bridgehead atoms. The third-order valence-corrected chi connectivity index (χ3v) is 4.39. The Bertz CT molecular complexity index is 609. The highest BCUT2D eigenvalue weighted by atomic mass is 16.3. The van der Waals surface area contributed by atoms with Crippen molar-refractivity contribution in [2.24, 2.45) is 5.92 Å². The highest BCUT2D eigenvalue weighted by Crippen LogP contribution is 2.31. The molecule has 0 spiro atoms. The Kier molecular flexibility index (Phi) is 3.56. The smallest absolute Gasteiger partial charge is 0.254 e. The van der Waals surface area contributed by atoms with E-state index in [1.54, 1.807) is 4.52 Å². The number of aromatic nitrogens is 4. The zero-order valence-corrected chi connectivity index (χ0v) is 12.0. The molecule has 1 aliphatic rings. The number of fused-ring (bicyclic) bond motifs is 1. The first kappa shape index (κ1) is 13.3. The van der Waals surface area contributed by atoms with Crippen molar-refractivity contribution in [1.82, 2.24) is 19.6 Å². The molecule has 1 aliphatic carbocycles. The molecular weight excluding hydrogens is 254 g/mol. The molecule has 1 saturated carbocycles. The van der Waals surface area contributed by atoms with Crippen LogP contribution in [0.2, 0.25) is 0 Å². The lowest BCUT2D eigenvalue weighted by Crippen LogP contribution is -2.27. The molecule has 2 atom stereocenters. The predicted octanol–water partition coefficient (Wildman–Crippen LogP) is 1.70. The molecule has 2 heterocycles. The molecule has 0 amide bonds. The summed E-state index contributed by atoms with van der Waals surface area (Å²) in [4.78, 5) is 8.61. The quantitative estimate of drug-likeness (QED) is 0.888. The van der Waals surface area contributed by atoms with Crippen molar-refractivity contribution in [1.29, 1.82) is 0 Å². The molecule has 6 nitrogen and oxygen atoms in total. The Balaban J connectivity index is 1.93. The summed E-state index contributed by atoms with van der Waals surface area (Å²) in [5, 5.41) is 17.1. The molecule has 0 radical (unpaired) electrons. The summed E-state index contributed by atoms with van der Waals surface area (Å²) < 4.78 is 1.77. The van der Waals surface area contributed by atoms with Gasteiger partial charge in [0.05, 0.1) is 0 Å². The van der Waals surface area contributed by atoms with Gasteiger partial charge < -0.3 is 10.4 Å². The first-order chi connectivity index (χ1) is 9.70. The van der Waals surface area contributed by atoms with Gasteiger partial charge in [-0.3, -0.25) is 0 Å². The summed E-state index contributed by atoms with van der Waals surface area (Å²) >= 11 is 0. The molecule has 6 heteroatoms. The van der Waals surface area contributed by atoms with Crippen LogP contribution in [0.5, 0.6) is 0 Å². The molecule has 2 aromatic rings. The molecule has 1 fully saturated rings. The summed E-state index contributed by atoms with van der Waals surface area (Å²) in [5.74, 6) is 2.15. The van der Waals surface area contributed by atoms with Crippen molar-refractivity contribution in [2.75, 3.05) is 11.9 Å². The average molecular weight is 275 g/mol. The third kappa shape index (κ3) is 2.24. The van der Waals surface area contributed by atoms with Gasteiger partial charge in [0.25, 0.3) is 5.78 Å². The van der Waals surface area contributed by atoms with Crippen molar-refractivity contribution in [3.8, 4) is 0 Å². The summed E-state index contributed by atoms with van der Waals surface area (Å²) in [6.07, 6.45) is 5.93. The number of hydrogen-bond acceptors (Lipinski definition) is 5. The van der Waals surface area contributed by atoms with Gasteiger partial charge in [-0.2, -0.15) is 14.6 Å². The van der Waals surface area contributed by atoms with Crippen LogP contribution in [0, 0.1) is 19.8 Å². The van der Waals surface area contributed by atoms with Crippen LogP contribution in [0.25, 0.3) is 5.78 Å². The molecule has 0 aromatic carbocycles. The van der Waals surface area contributed by atoms with Crippen LogP contribution in [-0.4, -0.2) is 37.3 Å². The highest BCUT2D eigenvalue weighted by Gasteiger charge is 2.28. The third-order valence-electron chi connectivity index (χ3n) is 4.39. The number of aliphatic hydroxyl groups is 1. The van der Waals surface area contributed by atoms with Gasteiger partial charge in [0.2, 0.25) is 0 Å². The molecule has 2 aromatic heterocycles. The fourth-order valence-electron chi connectivity index (χ4n) is 3.12. The maximum absolute atomic E-state index is 9.18. The largest absolute Gasteiger partial charge is 0.396 e. The lowest BCUT2D eigenvalue weighted by Gasteiger charge is -2.23. The second-order valence-electron chi connectivity index (χ2n) is 5.60. The minimum Gasteiger partial charge on any atom is -0.396 e. The fourth-order valence-corrected chi connectivity index (χ4v) is 3.12. The fraction of sp³-hybridized carbons (Fsp3) is 0.643. The van der Waals surface area contributed by atoms with E-state index in [2.05, 4.69) is 27.3 Å². The predicted molar refractivity (Wildman–Crippen MR) is 76.7 cm³/mol. The van der Waals surface area contributed by atoms with Gasteiger partial charge >= 0.3 is 0 Å². The second kappa shape index (κ2) is 5.36. The Morgan fingerprint density at radius 3 is 3.05 bits per heavy atom. The van der Waals surface area contributed by atoms with Crippen LogP contribution in [0.3, 0.4) is 0 Å². The number of rotatable bonds is 4. The first-order valence-corrected chi connectivity index (χ1v) is 7.25. The van der Waals surface area contributed by atoms with Crippen molar-refractivity contribution in [2.45, 2.75) is 45.6 Å². The Labute approximate surface area is 118 Å². The number of nitrogens with zero attached hydrogens (tertiary/aromatic N) is 4.